The van der Waals surface area contributed by atoms with Crippen molar-refractivity contribution in [2.45, 2.75) is 0 Å². The lowest BCUT2D eigenvalue weighted by Crippen LogP contribution is -1.92. The van der Waals surface area contributed by atoms with Crippen molar-refractivity contribution in [2.75, 3.05) is 0 Å². The highest BCUT2D eigenvalue weighted by molar-refractivity contribution is 5.81. The minimum atomic E-state index is -0.0603. The van der Waals surface area contributed by atoms with E-state index in [2.05, 4.69) is 19.9 Å². The van der Waals surface area contributed by atoms with Gasteiger partial charge in [-0.05, 0) is 24.3 Å². The van der Waals surface area contributed by atoms with Crippen molar-refractivity contribution in [2.24, 2.45) is 0 Å². The molecule has 3 aromatic heterocycles. The summed E-state index contributed by atoms with van der Waals surface area (Å²) in [5.41, 5.74) is 1.27. The van der Waals surface area contributed by atoms with Gasteiger partial charge in [-0.3, -0.25) is 4.98 Å². The summed E-state index contributed by atoms with van der Waals surface area (Å²) in [6, 6.07) is 7.03. The number of hydrogen-bond donors (Lipinski definition) is 1. The average molecular weight is 224 g/mol. The number of nitrogens with zero attached hydrogens (tertiary/aromatic N) is 4. The van der Waals surface area contributed by atoms with E-state index in [4.69, 9.17) is 0 Å². The van der Waals surface area contributed by atoms with Gasteiger partial charge in [-0.15, -0.1) is 0 Å². The summed E-state index contributed by atoms with van der Waals surface area (Å²) >= 11 is 0. The molecule has 0 saturated carbocycles. The van der Waals surface area contributed by atoms with Crippen LogP contribution in [0.15, 0.2) is 42.9 Å². The van der Waals surface area contributed by atoms with E-state index in [0.717, 1.165) is 5.56 Å². The largest absolute Gasteiger partial charge is 0.493 e. The molecular weight excluding hydrogens is 216 g/mol. The highest BCUT2D eigenvalue weighted by Crippen LogP contribution is 2.23. The summed E-state index contributed by atoms with van der Waals surface area (Å²) in [4.78, 5) is 16.4. The van der Waals surface area contributed by atoms with E-state index in [9.17, 15) is 5.11 Å². The van der Waals surface area contributed by atoms with Crippen molar-refractivity contribution in [1.29, 1.82) is 0 Å². The van der Waals surface area contributed by atoms with Crippen LogP contribution in [-0.4, -0.2) is 25.0 Å². The Morgan fingerprint density at radius 2 is 1.76 bits per heavy atom. The van der Waals surface area contributed by atoms with Gasteiger partial charge in [-0.2, -0.15) is 4.98 Å². The molecule has 0 unspecified atom stereocenters. The van der Waals surface area contributed by atoms with E-state index in [0.29, 0.717) is 16.9 Å². The second kappa shape index (κ2) is 3.79. The van der Waals surface area contributed by atoms with Gasteiger partial charge in [0, 0.05) is 24.2 Å². The Morgan fingerprint density at radius 1 is 0.941 bits per heavy atom. The van der Waals surface area contributed by atoms with E-state index in [-0.39, 0.29) is 5.88 Å². The first-order chi connectivity index (χ1) is 8.34. The van der Waals surface area contributed by atoms with Crippen LogP contribution >= 0.6 is 0 Å². The zero-order valence-corrected chi connectivity index (χ0v) is 8.78. The third-order valence-electron chi connectivity index (χ3n) is 2.39. The monoisotopic (exact) mass is 224 g/mol. The van der Waals surface area contributed by atoms with E-state index in [1.807, 2.05) is 0 Å². The number of pyridine rings is 2. The first-order valence-corrected chi connectivity index (χ1v) is 5.07. The van der Waals surface area contributed by atoms with Gasteiger partial charge >= 0.3 is 0 Å². The van der Waals surface area contributed by atoms with Crippen molar-refractivity contribution in [1.82, 2.24) is 19.9 Å². The van der Waals surface area contributed by atoms with Crippen LogP contribution in [-0.2, 0) is 0 Å². The van der Waals surface area contributed by atoms with Crippen LogP contribution < -0.4 is 0 Å². The molecule has 3 aromatic rings. The molecule has 17 heavy (non-hydrogen) atoms. The Balaban J connectivity index is 2.26. The highest BCUT2D eigenvalue weighted by Gasteiger charge is 2.08. The van der Waals surface area contributed by atoms with Crippen LogP contribution in [0.4, 0.5) is 0 Å². The molecule has 0 aliphatic rings. The number of aromatic hydroxyl groups is 1. The molecule has 3 rings (SSSR count). The van der Waals surface area contributed by atoms with Crippen LogP contribution in [0, 0.1) is 0 Å². The third kappa shape index (κ3) is 1.67. The Bertz CT molecular complexity index is 670. The van der Waals surface area contributed by atoms with Crippen molar-refractivity contribution in [3.8, 4) is 17.3 Å². The standard InChI is InChI=1S/C12H8N4O/c17-12-9-2-1-5-14-11(9)15-10(16-12)8-3-6-13-7-4-8/h1-7H,(H,14,15,16,17). The lowest BCUT2D eigenvalue weighted by atomic mass is 10.2. The number of rotatable bonds is 1. The average Bonchev–Trinajstić information content (AvgIpc) is 2.40. The van der Waals surface area contributed by atoms with Crippen LogP contribution in [0.5, 0.6) is 5.88 Å². The predicted octanol–water partition coefficient (Wildman–Crippen LogP) is 1.79. The molecule has 0 aliphatic heterocycles. The first kappa shape index (κ1) is 9.65. The number of aromatic nitrogens is 4. The minimum absolute atomic E-state index is 0.0603. The lowest BCUT2D eigenvalue weighted by Gasteiger charge is -2.03. The Hall–Kier alpha value is -2.56. The maximum Gasteiger partial charge on any atom is 0.224 e. The molecule has 0 aliphatic carbocycles. The fourth-order valence-corrected chi connectivity index (χ4v) is 1.58. The molecule has 5 heteroatoms. The van der Waals surface area contributed by atoms with Crippen LogP contribution in [0.25, 0.3) is 22.4 Å². The van der Waals surface area contributed by atoms with Crippen molar-refractivity contribution >= 4 is 11.0 Å². The third-order valence-corrected chi connectivity index (χ3v) is 2.39. The van der Waals surface area contributed by atoms with Gasteiger partial charge in [0.15, 0.2) is 11.5 Å². The number of fused-ring (bicyclic) bond motifs is 1. The molecule has 82 valence electrons. The molecule has 5 nitrogen and oxygen atoms in total. The minimum Gasteiger partial charge on any atom is -0.493 e. The van der Waals surface area contributed by atoms with Gasteiger partial charge < -0.3 is 5.11 Å². The number of hydrogen-bond acceptors (Lipinski definition) is 5. The summed E-state index contributed by atoms with van der Waals surface area (Å²) in [6.45, 7) is 0. The van der Waals surface area contributed by atoms with E-state index >= 15 is 0 Å². The fraction of sp³-hybridized carbons (Fsp3) is 0. The maximum absolute atomic E-state index is 9.81. The zero-order valence-electron chi connectivity index (χ0n) is 8.78. The molecule has 0 radical (unpaired) electrons. The molecule has 0 aromatic carbocycles. The van der Waals surface area contributed by atoms with Gasteiger partial charge in [-0.1, -0.05) is 0 Å². The quantitative estimate of drug-likeness (QED) is 0.682. The lowest BCUT2D eigenvalue weighted by molar-refractivity contribution is 0.460. The predicted molar refractivity (Wildman–Crippen MR) is 62.2 cm³/mol. The Kier molecular flexibility index (Phi) is 2.15. The molecule has 3 heterocycles. The molecule has 1 N–H and O–H groups in total. The molecule has 0 atom stereocenters. The van der Waals surface area contributed by atoms with E-state index < -0.39 is 0 Å². The van der Waals surface area contributed by atoms with Crippen LogP contribution in [0.2, 0.25) is 0 Å². The molecule has 0 saturated heterocycles. The van der Waals surface area contributed by atoms with Crippen molar-refractivity contribution < 1.29 is 5.11 Å². The molecular formula is C12H8N4O. The SMILES string of the molecule is Oc1nc(-c2ccncc2)nc2ncccc12. The van der Waals surface area contributed by atoms with Crippen molar-refractivity contribution in [3.63, 3.8) is 0 Å². The molecule has 0 fully saturated rings. The zero-order chi connectivity index (χ0) is 11.7. The summed E-state index contributed by atoms with van der Waals surface area (Å²) in [6.07, 6.45) is 4.93. The van der Waals surface area contributed by atoms with Gasteiger partial charge in [0.05, 0.1) is 5.39 Å². The summed E-state index contributed by atoms with van der Waals surface area (Å²) in [7, 11) is 0. The van der Waals surface area contributed by atoms with Crippen molar-refractivity contribution in [3.05, 3.63) is 42.9 Å². The van der Waals surface area contributed by atoms with Gasteiger partial charge in [0.2, 0.25) is 5.88 Å². The molecule has 0 amide bonds. The molecule has 0 bridgehead atoms. The van der Waals surface area contributed by atoms with Gasteiger partial charge in [-0.25, -0.2) is 9.97 Å². The normalized spacial score (nSPS) is 10.6. The topological polar surface area (TPSA) is 71.8 Å². The second-order valence-electron chi connectivity index (χ2n) is 3.48. The van der Waals surface area contributed by atoms with Crippen LogP contribution in [0.1, 0.15) is 0 Å². The summed E-state index contributed by atoms with van der Waals surface area (Å²) in [5, 5.41) is 10.4. The Labute approximate surface area is 96.8 Å². The smallest absolute Gasteiger partial charge is 0.224 e. The highest BCUT2D eigenvalue weighted by atomic mass is 16.3. The van der Waals surface area contributed by atoms with E-state index in [1.165, 1.54) is 0 Å². The van der Waals surface area contributed by atoms with Crippen LogP contribution in [0.3, 0.4) is 0 Å². The summed E-state index contributed by atoms with van der Waals surface area (Å²) < 4.78 is 0. The Morgan fingerprint density at radius 3 is 2.59 bits per heavy atom. The summed E-state index contributed by atoms with van der Waals surface area (Å²) in [5.74, 6) is 0.381. The maximum atomic E-state index is 9.81. The fourth-order valence-electron chi connectivity index (χ4n) is 1.58. The molecule has 0 spiro atoms. The first-order valence-electron chi connectivity index (χ1n) is 5.07. The van der Waals surface area contributed by atoms with E-state index in [1.54, 1.807) is 42.9 Å². The van der Waals surface area contributed by atoms with Gasteiger partial charge in [0.1, 0.15) is 0 Å². The second-order valence-corrected chi connectivity index (χ2v) is 3.48. The van der Waals surface area contributed by atoms with Gasteiger partial charge in [0.25, 0.3) is 0 Å².